The highest BCUT2D eigenvalue weighted by Crippen LogP contribution is 2.30. The van der Waals surface area contributed by atoms with E-state index in [0.717, 1.165) is 32.7 Å². The summed E-state index contributed by atoms with van der Waals surface area (Å²) < 4.78 is 10.9. The van der Waals surface area contributed by atoms with E-state index in [4.69, 9.17) is 14.6 Å². The molecule has 0 radical (unpaired) electrons. The van der Waals surface area contributed by atoms with Gasteiger partial charge in [0.15, 0.2) is 0 Å². The second-order valence-corrected chi connectivity index (χ2v) is 3.69. The molecule has 0 aromatic heterocycles. The van der Waals surface area contributed by atoms with Gasteiger partial charge in [-0.05, 0) is 12.8 Å². The van der Waals surface area contributed by atoms with Crippen molar-refractivity contribution in [3.8, 4) is 0 Å². The van der Waals surface area contributed by atoms with Gasteiger partial charge >= 0.3 is 0 Å². The molecule has 0 amide bonds. The molecule has 0 aromatic rings. The molecule has 2 heterocycles. The second-order valence-electron chi connectivity index (χ2n) is 3.69. The molecule has 3 nitrogen and oxygen atoms in total. The predicted octanol–water partition coefficient (Wildman–Crippen LogP) is 0.420. The van der Waals surface area contributed by atoms with Crippen molar-refractivity contribution >= 4 is 0 Å². The van der Waals surface area contributed by atoms with Crippen LogP contribution in [-0.4, -0.2) is 37.6 Å². The first-order valence-electron chi connectivity index (χ1n) is 4.72. The van der Waals surface area contributed by atoms with Gasteiger partial charge in [0.05, 0.1) is 12.7 Å². The SMILES string of the molecule is OCC1CCOC1C1CCOC1. The van der Waals surface area contributed by atoms with Crippen molar-refractivity contribution in [2.24, 2.45) is 11.8 Å². The van der Waals surface area contributed by atoms with Crippen LogP contribution in [0.25, 0.3) is 0 Å². The average molecular weight is 172 g/mol. The fourth-order valence-corrected chi connectivity index (χ4v) is 2.18. The highest BCUT2D eigenvalue weighted by atomic mass is 16.5. The third-order valence-corrected chi connectivity index (χ3v) is 2.93. The summed E-state index contributed by atoms with van der Waals surface area (Å²) in [4.78, 5) is 0. The van der Waals surface area contributed by atoms with E-state index in [1.54, 1.807) is 0 Å². The Morgan fingerprint density at radius 1 is 1.25 bits per heavy atom. The quantitative estimate of drug-likeness (QED) is 0.656. The van der Waals surface area contributed by atoms with Gasteiger partial charge in [-0.3, -0.25) is 0 Å². The maximum atomic E-state index is 9.08. The van der Waals surface area contributed by atoms with E-state index in [1.165, 1.54) is 0 Å². The Morgan fingerprint density at radius 3 is 2.83 bits per heavy atom. The minimum absolute atomic E-state index is 0.262. The van der Waals surface area contributed by atoms with E-state index in [9.17, 15) is 0 Å². The van der Waals surface area contributed by atoms with E-state index < -0.39 is 0 Å². The lowest BCUT2D eigenvalue weighted by Crippen LogP contribution is -2.28. The lowest BCUT2D eigenvalue weighted by molar-refractivity contribution is 0.0227. The van der Waals surface area contributed by atoms with Gasteiger partial charge in [-0.1, -0.05) is 0 Å². The molecule has 3 atom stereocenters. The minimum atomic E-state index is 0.262. The maximum absolute atomic E-state index is 9.08. The predicted molar refractivity (Wildman–Crippen MR) is 43.9 cm³/mol. The summed E-state index contributed by atoms with van der Waals surface area (Å²) in [5, 5.41) is 9.08. The summed E-state index contributed by atoms with van der Waals surface area (Å²) in [5.74, 6) is 0.890. The first kappa shape index (κ1) is 8.48. The maximum Gasteiger partial charge on any atom is 0.0676 e. The highest BCUT2D eigenvalue weighted by molar-refractivity contribution is 4.83. The molecule has 2 rings (SSSR count). The van der Waals surface area contributed by atoms with E-state index >= 15 is 0 Å². The van der Waals surface area contributed by atoms with Crippen molar-refractivity contribution in [2.45, 2.75) is 18.9 Å². The first-order valence-corrected chi connectivity index (χ1v) is 4.72. The van der Waals surface area contributed by atoms with Crippen molar-refractivity contribution in [2.75, 3.05) is 26.4 Å². The Labute approximate surface area is 72.7 Å². The van der Waals surface area contributed by atoms with E-state index in [0.29, 0.717) is 11.8 Å². The van der Waals surface area contributed by atoms with Gasteiger partial charge < -0.3 is 14.6 Å². The summed E-state index contributed by atoms with van der Waals surface area (Å²) >= 11 is 0. The smallest absolute Gasteiger partial charge is 0.0676 e. The van der Waals surface area contributed by atoms with Crippen LogP contribution in [0.5, 0.6) is 0 Å². The molecule has 0 bridgehead atoms. The molecule has 2 aliphatic rings. The monoisotopic (exact) mass is 172 g/mol. The van der Waals surface area contributed by atoms with Crippen molar-refractivity contribution < 1.29 is 14.6 Å². The van der Waals surface area contributed by atoms with Crippen LogP contribution in [0, 0.1) is 11.8 Å². The summed E-state index contributed by atoms with van der Waals surface area (Å²) in [6.07, 6.45) is 2.37. The normalized spacial score (nSPS) is 42.2. The van der Waals surface area contributed by atoms with Crippen LogP contribution in [0.15, 0.2) is 0 Å². The fourth-order valence-electron chi connectivity index (χ4n) is 2.18. The summed E-state index contributed by atoms with van der Waals surface area (Å²) in [6, 6.07) is 0. The molecule has 1 N–H and O–H groups in total. The molecule has 2 fully saturated rings. The van der Waals surface area contributed by atoms with Crippen LogP contribution in [0.4, 0.5) is 0 Å². The molecule has 0 spiro atoms. The Kier molecular flexibility index (Phi) is 2.63. The number of hydrogen-bond acceptors (Lipinski definition) is 3. The summed E-state index contributed by atoms with van der Waals surface area (Å²) in [7, 11) is 0. The molecule has 0 aromatic carbocycles. The molecule has 12 heavy (non-hydrogen) atoms. The van der Waals surface area contributed by atoms with Gasteiger partial charge in [-0.2, -0.15) is 0 Å². The molecule has 2 aliphatic heterocycles. The zero-order valence-electron chi connectivity index (χ0n) is 7.24. The molecular formula is C9H16O3. The zero-order chi connectivity index (χ0) is 8.39. The van der Waals surface area contributed by atoms with Crippen LogP contribution >= 0.6 is 0 Å². The minimum Gasteiger partial charge on any atom is -0.396 e. The Morgan fingerprint density at radius 2 is 2.17 bits per heavy atom. The Bertz CT molecular complexity index is 143. The molecule has 3 heteroatoms. The van der Waals surface area contributed by atoms with Crippen molar-refractivity contribution in [3.63, 3.8) is 0 Å². The van der Waals surface area contributed by atoms with Gasteiger partial charge in [-0.15, -0.1) is 0 Å². The Hall–Kier alpha value is -0.120. The van der Waals surface area contributed by atoms with Crippen molar-refractivity contribution in [1.82, 2.24) is 0 Å². The largest absolute Gasteiger partial charge is 0.396 e. The number of ether oxygens (including phenoxy) is 2. The van der Waals surface area contributed by atoms with Gasteiger partial charge in [0.2, 0.25) is 0 Å². The summed E-state index contributed by atoms with van der Waals surface area (Å²) in [6.45, 7) is 2.76. The molecule has 0 aliphatic carbocycles. The molecule has 2 saturated heterocycles. The first-order chi connectivity index (χ1) is 5.92. The van der Waals surface area contributed by atoms with E-state index in [-0.39, 0.29) is 12.7 Å². The molecule has 3 unspecified atom stereocenters. The van der Waals surface area contributed by atoms with Crippen LogP contribution in [-0.2, 0) is 9.47 Å². The topological polar surface area (TPSA) is 38.7 Å². The zero-order valence-corrected chi connectivity index (χ0v) is 7.24. The van der Waals surface area contributed by atoms with Crippen LogP contribution in [0.2, 0.25) is 0 Å². The number of aliphatic hydroxyl groups is 1. The lowest BCUT2D eigenvalue weighted by Gasteiger charge is -2.21. The summed E-state index contributed by atoms with van der Waals surface area (Å²) in [5.41, 5.74) is 0. The average Bonchev–Trinajstić information content (AvgIpc) is 2.74. The Balaban J connectivity index is 1.92. The van der Waals surface area contributed by atoms with Gasteiger partial charge in [0.25, 0.3) is 0 Å². The van der Waals surface area contributed by atoms with Gasteiger partial charge in [0.1, 0.15) is 0 Å². The molecule has 70 valence electrons. The van der Waals surface area contributed by atoms with Crippen LogP contribution in [0.3, 0.4) is 0 Å². The van der Waals surface area contributed by atoms with Crippen LogP contribution < -0.4 is 0 Å². The van der Waals surface area contributed by atoms with Crippen LogP contribution in [0.1, 0.15) is 12.8 Å². The van der Waals surface area contributed by atoms with E-state index in [2.05, 4.69) is 0 Å². The third kappa shape index (κ3) is 1.49. The van der Waals surface area contributed by atoms with Crippen molar-refractivity contribution in [1.29, 1.82) is 0 Å². The second kappa shape index (κ2) is 3.73. The highest BCUT2D eigenvalue weighted by Gasteiger charge is 2.36. The van der Waals surface area contributed by atoms with Gasteiger partial charge in [0, 0.05) is 31.7 Å². The van der Waals surface area contributed by atoms with Gasteiger partial charge in [-0.25, -0.2) is 0 Å². The number of hydrogen-bond donors (Lipinski definition) is 1. The fraction of sp³-hybridized carbons (Fsp3) is 1.00. The van der Waals surface area contributed by atoms with E-state index in [1.807, 2.05) is 0 Å². The molecular weight excluding hydrogens is 156 g/mol. The third-order valence-electron chi connectivity index (χ3n) is 2.93. The lowest BCUT2D eigenvalue weighted by atomic mass is 9.91. The van der Waals surface area contributed by atoms with Crippen molar-refractivity contribution in [3.05, 3.63) is 0 Å². The number of aliphatic hydroxyl groups excluding tert-OH is 1. The number of rotatable bonds is 2. The molecule has 0 saturated carbocycles. The standard InChI is InChI=1S/C9H16O3/c10-5-7-2-4-12-9(7)8-1-3-11-6-8/h7-10H,1-6H2.